The third-order valence-corrected chi connectivity index (χ3v) is 2.26. The topological polar surface area (TPSA) is 86.5 Å². The molecule has 1 rings (SSSR count). The molecule has 0 aliphatic carbocycles. The van der Waals surface area contributed by atoms with Crippen LogP contribution in [-0.2, 0) is 9.47 Å². The van der Waals surface area contributed by atoms with Crippen LogP contribution in [-0.4, -0.2) is 37.0 Å². The van der Waals surface area contributed by atoms with E-state index in [4.69, 9.17) is 9.47 Å². The maximum Gasteiger partial charge on any atom is 0.290 e. The molecule has 0 aliphatic heterocycles. The van der Waals surface area contributed by atoms with Gasteiger partial charge in [0.05, 0.1) is 11.5 Å². The standard InChI is InChI=1S/C10H15N3O4/c1-7-4-9(11-5-8(7)13(14)15)12-6-10(16-2)17-3/h4-5,10H,6H2,1-3H3,(H,11,12). The van der Waals surface area contributed by atoms with Crippen LogP contribution in [0.25, 0.3) is 0 Å². The van der Waals surface area contributed by atoms with Crippen LogP contribution in [0.5, 0.6) is 0 Å². The molecule has 7 nitrogen and oxygen atoms in total. The average molecular weight is 241 g/mol. The number of hydrogen-bond acceptors (Lipinski definition) is 6. The number of hydrogen-bond donors (Lipinski definition) is 1. The number of aryl methyl sites for hydroxylation is 1. The van der Waals surface area contributed by atoms with Gasteiger partial charge in [0.15, 0.2) is 6.29 Å². The van der Waals surface area contributed by atoms with Gasteiger partial charge in [-0.1, -0.05) is 0 Å². The van der Waals surface area contributed by atoms with Crippen molar-refractivity contribution in [2.75, 3.05) is 26.1 Å². The van der Waals surface area contributed by atoms with Gasteiger partial charge in [-0.15, -0.1) is 0 Å². The van der Waals surface area contributed by atoms with Gasteiger partial charge in [0, 0.05) is 19.8 Å². The molecule has 0 aliphatic rings. The number of nitrogens with zero attached hydrogens (tertiary/aromatic N) is 2. The van der Waals surface area contributed by atoms with E-state index in [1.54, 1.807) is 13.0 Å². The lowest BCUT2D eigenvalue weighted by atomic mass is 10.2. The Morgan fingerprint density at radius 2 is 2.18 bits per heavy atom. The highest BCUT2D eigenvalue weighted by Crippen LogP contribution is 2.18. The molecule has 0 saturated heterocycles. The number of anilines is 1. The number of ether oxygens (including phenoxy) is 2. The molecule has 1 aromatic heterocycles. The highest BCUT2D eigenvalue weighted by molar-refractivity contribution is 5.46. The predicted molar refractivity (Wildman–Crippen MR) is 61.9 cm³/mol. The van der Waals surface area contributed by atoms with Crippen molar-refractivity contribution in [3.63, 3.8) is 0 Å². The minimum atomic E-state index is -0.459. The number of nitro groups is 1. The number of nitrogens with one attached hydrogen (secondary N) is 1. The molecule has 0 saturated carbocycles. The maximum absolute atomic E-state index is 10.6. The Morgan fingerprint density at radius 1 is 1.53 bits per heavy atom. The average Bonchev–Trinajstić information content (AvgIpc) is 2.30. The molecule has 0 bridgehead atoms. The SMILES string of the molecule is COC(CNc1cc(C)c([N+](=O)[O-])cn1)OC. The third-order valence-electron chi connectivity index (χ3n) is 2.26. The van der Waals surface area contributed by atoms with Crippen molar-refractivity contribution in [1.82, 2.24) is 4.98 Å². The summed E-state index contributed by atoms with van der Waals surface area (Å²) in [6, 6.07) is 1.61. The van der Waals surface area contributed by atoms with E-state index in [0.717, 1.165) is 0 Å². The van der Waals surface area contributed by atoms with Crippen molar-refractivity contribution in [2.24, 2.45) is 0 Å². The molecule has 0 radical (unpaired) electrons. The second-order valence-electron chi connectivity index (χ2n) is 3.40. The number of methoxy groups -OCH3 is 2. The zero-order valence-electron chi connectivity index (χ0n) is 9.97. The van der Waals surface area contributed by atoms with Crippen molar-refractivity contribution in [2.45, 2.75) is 13.2 Å². The minimum absolute atomic E-state index is 0.00517. The fourth-order valence-corrected chi connectivity index (χ4v) is 1.29. The molecule has 94 valence electrons. The zero-order valence-corrected chi connectivity index (χ0v) is 9.97. The van der Waals surface area contributed by atoms with Crippen LogP contribution in [0.4, 0.5) is 11.5 Å². The first-order valence-electron chi connectivity index (χ1n) is 4.99. The van der Waals surface area contributed by atoms with Gasteiger partial charge >= 0.3 is 0 Å². The molecule has 1 aromatic rings. The molecule has 7 heteroatoms. The highest BCUT2D eigenvalue weighted by Gasteiger charge is 2.12. The van der Waals surface area contributed by atoms with Crippen LogP contribution >= 0.6 is 0 Å². The molecule has 1 heterocycles. The first-order chi connectivity index (χ1) is 8.08. The quantitative estimate of drug-likeness (QED) is 0.459. The minimum Gasteiger partial charge on any atom is -0.365 e. The lowest BCUT2D eigenvalue weighted by Crippen LogP contribution is -2.24. The van der Waals surface area contributed by atoms with E-state index in [2.05, 4.69) is 10.3 Å². The Kier molecular flexibility index (Phi) is 4.80. The summed E-state index contributed by atoms with van der Waals surface area (Å²) in [5.41, 5.74) is 0.560. The van der Waals surface area contributed by atoms with Gasteiger partial charge in [-0.3, -0.25) is 10.1 Å². The van der Waals surface area contributed by atoms with Gasteiger partial charge in [-0.2, -0.15) is 0 Å². The fourth-order valence-electron chi connectivity index (χ4n) is 1.29. The molecule has 0 spiro atoms. The molecule has 0 unspecified atom stereocenters. The number of aromatic nitrogens is 1. The monoisotopic (exact) mass is 241 g/mol. The van der Waals surface area contributed by atoms with Crippen molar-refractivity contribution in [1.29, 1.82) is 0 Å². The van der Waals surface area contributed by atoms with Crippen LogP contribution in [0, 0.1) is 17.0 Å². The fraction of sp³-hybridized carbons (Fsp3) is 0.500. The molecular formula is C10H15N3O4. The van der Waals surface area contributed by atoms with Crippen LogP contribution < -0.4 is 5.32 Å². The van der Waals surface area contributed by atoms with E-state index in [1.807, 2.05) is 0 Å². The Hall–Kier alpha value is -1.73. The van der Waals surface area contributed by atoms with Crippen LogP contribution in [0.15, 0.2) is 12.3 Å². The van der Waals surface area contributed by atoms with Gasteiger partial charge < -0.3 is 14.8 Å². The Morgan fingerprint density at radius 3 is 2.65 bits per heavy atom. The molecule has 0 aromatic carbocycles. The van der Waals surface area contributed by atoms with E-state index in [1.165, 1.54) is 20.4 Å². The zero-order chi connectivity index (χ0) is 12.8. The third kappa shape index (κ3) is 3.65. The lowest BCUT2D eigenvalue weighted by Gasteiger charge is -2.14. The summed E-state index contributed by atoms with van der Waals surface area (Å²) in [5.74, 6) is 0.548. The van der Waals surface area contributed by atoms with Gasteiger partial charge in [-0.05, 0) is 13.0 Å². The molecule has 0 amide bonds. The summed E-state index contributed by atoms with van der Waals surface area (Å²) in [7, 11) is 3.06. The number of rotatable bonds is 6. The predicted octanol–water partition coefficient (Wildman–Crippen LogP) is 1.33. The van der Waals surface area contributed by atoms with E-state index >= 15 is 0 Å². The van der Waals surface area contributed by atoms with Gasteiger partial charge in [0.2, 0.25) is 0 Å². The summed E-state index contributed by atoms with van der Waals surface area (Å²) in [6.45, 7) is 2.08. The largest absolute Gasteiger partial charge is 0.365 e. The van der Waals surface area contributed by atoms with E-state index in [0.29, 0.717) is 17.9 Å². The summed E-state index contributed by atoms with van der Waals surface area (Å²) in [6.07, 6.45) is 0.846. The highest BCUT2D eigenvalue weighted by atomic mass is 16.7. The molecule has 17 heavy (non-hydrogen) atoms. The second kappa shape index (κ2) is 6.12. The van der Waals surface area contributed by atoms with Crippen molar-refractivity contribution < 1.29 is 14.4 Å². The van der Waals surface area contributed by atoms with Crippen LogP contribution in [0.2, 0.25) is 0 Å². The summed E-state index contributed by atoms with van der Waals surface area (Å²) >= 11 is 0. The van der Waals surface area contributed by atoms with E-state index < -0.39 is 4.92 Å². The first-order valence-corrected chi connectivity index (χ1v) is 4.99. The lowest BCUT2D eigenvalue weighted by molar-refractivity contribution is -0.385. The first kappa shape index (κ1) is 13.3. The van der Waals surface area contributed by atoms with E-state index in [9.17, 15) is 10.1 Å². The smallest absolute Gasteiger partial charge is 0.290 e. The summed E-state index contributed by atoms with van der Waals surface area (Å²) in [5, 5.41) is 13.6. The Labute approximate surface area is 98.9 Å². The van der Waals surface area contributed by atoms with Crippen molar-refractivity contribution in [3.8, 4) is 0 Å². The van der Waals surface area contributed by atoms with Crippen LogP contribution in [0.1, 0.15) is 5.56 Å². The van der Waals surface area contributed by atoms with Gasteiger partial charge in [0.1, 0.15) is 12.0 Å². The van der Waals surface area contributed by atoms with Gasteiger partial charge in [0.25, 0.3) is 5.69 Å². The van der Waals surface area contributed by atoms with E-state index in [-0.39, 0.29) is 12.0 Å². The Bertz CT molecular complexity index is 393. The molecule has 0 atom stereocenters. The molecule has 0 fully saturated rings. The summed E-state index contributed by atoms with van der Waals surface area (Å²) in [4.78, 5) is 14.1. The number of pyridine rings is 1. The Balaban J connectivity index is 2.67. The van der Waals surface area contributed by atoms with Crippen LogP contribution in [0.3, 0.4) is 0 Å². The summed E-state index contributed by atoms with van der Waals surface area (Å²) < 4.78 is 9.99. The van der Waals surface area contributed by atoms with Gasteiger partial charge in [-0.25, -0.2) is 4.98 Å². The van der Waals surface area contributed by atoms with Crippen molar-refractivity contribution in [3.05, 3.63) is 27.9 Å². The second-order valence-corrected chi connectivity index (χ2v) is 3.40. The molecular weight excluding hydrogens is 226 g/mol. The maximum atomic E-state index is 10.6. The molecule has 1 N–H and O–H groups in total. The normalized spacial score (nSPS) is 10.6. The van der Waals surface area contributed by atoms with Crippen molar-refractivity contribution >= 4 is 11.5 Å².